The van der Waals surface area contributed by atoms with Gasteiger partial charge >= 0.3 is 0 Å². The monoisotopic (exact) mass is 172 g/mol. The van der Waals surface area contributed by atoms with Gasteiger partial charge in [0.15, 0.2) is 4.96 Å². The molecular formula is C6H5ClN2S. The van der Waals surface area contributed by atoms with E-state index in [1.165, 1.54) is 0 Å². The Bertz CT molecular complexity index is 331. The summed E-state index contributed by atoms with van der Waals surface area (Å²) in [6, 6.07) is 0. The average molecular weight is 173 g/mol. The maximum atomic E-state index is 5.83. The number of imidazole rings is 1. The molecule has 0 unspecified atom stereocenters. The molecule has 2 aromatic heterocycles. The normalized spacial score (nSPS) is 11.0. The summed E-state index contributed by atoms with van der Waals surface area (Å²) in [5.74, 6) is 0. The second-order valence-electron chi connectivity index (χ2n) is 2.08. The standard InChI is InChI=1S/C6H5ClN2S/c1-4-3-10-6-8-2-5(7)9(4)6/h2-3H,1H3. The highest BCUT2D eigenvalue weighted by molar-refractivity contribution is 7.15. The zero-order valence-electron chi connectivity index (χ0n) is 5.34. The molecule has 2 heterocycles. The molecule has 2 aromatic rings. The van der Waals surface area contributed by atoms with Gasteiger partial charge in [-0.15, -0.1) is 11.3 Å². The first-order chi connectivity index (χ1) is 4.79. The Hall–Kier alpha value is -0.540. The molecule has 0 aromatic carbocycles. The summed E-state index contributed by atoms with van der Waals surface area (Å²) in [4.78, 5) is 5.05. The van der Waals surface area contributed by atoms with E-state index in [1.54, 1.807) is 17.5 Å². The number of nitrogens with zero attached hydrogens (tertiary/aromatic N) is 2. The molecule has 0 aliphatic rings. The molecule has 0 radical (unpaired) electrons. The topological polar surface area (TPSA) is 17.3 Å². The predicted molar refractivity (Wildman–Crippen MR) is 42.8 cm³/mol. The van der Waals surface area contributed by atoms with E-state index in [1.807, 2.05) is 16.7 Å². The molecular weight excluding hydrogens is 168 g/mol. The number of thiazole rings is 1. The Kier molecular flexibility index (Phi) is 1.22. The first-order valence-corrected chi connectivity index (χ1v) is 4.12. The quantitative estimate of drug-likeness (QED) is 0.597. The number of fused-ring (bicyclic) bond motifs is 1. The Morgan fingerprint density at radius 3 is 3.20 bits per heavy atom. The van der Waals surface area contributed by atoms with E-state index in [2.05, 4.69) is 4.98 Å². The summed E-state index contributed by atoms with van der Waals surface area (Å²) in [6.07, 6.45) is 1.67. The van der Waals surface area contributed by atoms with Crippen molar-refractivity contribution >= 4 is 27.9 Å². The fourth-order valence-electron chi connectivity index (χ4n) is 0.908. The average Bonchev–Trinajstić information content (AvgIpc) is 2.40. The van der Waals surface area contributed by atoms with Crippen LogP contribution in [0, 0.1) is 6.92 Å². The first kappa shape index (κ1) is 6.19. The van der Waals surface area contributed by atoms with Crippen LogP contribution in [0.25, 0.3) is 4.96 Å². The van der Waals surface area contributed by atoms with Gasteiger partial charge in [-0.05, 0) is 6.92 Å². The molecule has 0 amide bonds. The summed E-state index contributed by atoms with van der Waals surface area (Å²) < 4.78 is 1.92. The van der Waals surface area contributed by atoms with Gasteiger partial charge in [-0.3, -0.25) is 4.40 Å². The van der Waals surface area contributed by atoms with Crippen molar-refractivity contribution in [3.63, 3.8) is 0 Å². The highest BCUT2D eigenvalue weighted by atomic mass is 35.5. The summed E-state index contributed by atoms with van der Waals surface area (Å²) in [5.41, 5.74) is 1.14. The maximum Gasteiger partial charge on any atom is 0.195 e. The van der Waals surface area contributed by atoms with Gasteiger partial charge in [0.05, 0.1) is 6.20 Å². The minimum absolute atomic E-state index is 0.689. The molecule has 52 valence electrons. The van der Waals surface area contributed by atoms with E-state index in [0.29, 0.717) is 5.15 Å². The van der Waals surface area contributed by atoms with Crippen molar-refractivity contribution in [2.75, 3.05) is 0 Å². The van der Waals surface area contributed by atoms with Crippen LogP contribution in [0.15, 0.2) is 11.6 Å². The Labute approximate surface area is 67.1 Å². The summed E-state index contributed by atoms with van der Waals surface area (Å²) in [6.45, 7) is 2.01. The van der Waals surface area contributed by atoms with Gasteiger partial charge in [0.2, 0.25) is 0 Å². The third-order valence-electron chi connectivity index (χ3n) is 1.37. The predicted octanol–water partition coefficient (Wildman–Crippen LogP) is 2.36. The van der Waals surface area contributed by atoms with Crippen LogP contribution in [0.5, 0.6) is 0 Å². The van der Waals surface area contributed by atoms with Gasteiger partial charge in [-0.25, -0.2) is 4.98 Å². The van der Waals surface area contributed by atoms with Crippen LogP contribution in [0.3, 0.4) is 0 Å². The molecule has 0 N–H and O–H groups in total. The minimum Gasteiger partial charge on any atom is -0.278 e. The van der Waals surface area contributed by atoms with E-state index in [9.17, 15) is 0 Å². The van der Waals surface area contributed by atoms with Gasteiger partial charge < -0.3 is 0 Å². The number of hydrogen-bond acceptors (Lipinski definition) is 2. The van der Waals surface area contributed by atoms with Crippen LogP contribution in [-0.2, 0) is 0 Å². The van der Waals surface area contributed by atoms with Gasteiger partial charge in [0, 0.05) is 11.1 Å². The van der Waals surface area contributed by atoms with Gasteiger partial charge in [0.1, 0.15) is 5.15 Å². The molecule has 0 spiro atoms. The molecule has 2 rings (SSSR count). The third kappa shape index (κ3) is 0.676. The zero-order valence-corrected chi connectivity index (χ0v) is 6.91. The number of rotatable bonds is 0. The smallest absolute Gasteiger partial charge is 0.195 e. The Balaban J connectivity index is 2.98. The summed E-state index contributed by atoms with van der Waals surface area (Å²) in [5, 5.41) is 2.72. The fraction of sp³-hybridized carbons (Fsp3) is 0.167. The molecule has 0 saturated heterocycles. The molecule has 0 saturated carbocycles. The zero-order chi connectivity index (χ0) is 7.14. The lowest BCUT2D eigenvalue weighted by Crippen LogP contribution is -1.80. The number of aryl methyl sites for hydroxylation is 1. The molecule has 0 atom stereocenters. The maximum absolute atomic E-state index is 5.83. The largest absolute Gasteiger partial charge is 0.278 e. The van der Waals surface area contributed by atoms with Crippen LogP contribution in [0.1, 0.15) is 5.69 Å². The minimum atomic E-state index is 0.689. The summed E-state index contributed by atoms with van der Waals surface area (Å²) in [7, 11) is 0. The van der Waals surface area contributed by atoms with Crippen molar-refractivity contribution in [3.05, 3.63) is 22.4 Å². The van der Waals surface area contributed by atoms with Crippen LogP contribution < -0.4 is 0 Å². The fourth-order valence-corrected chi connectivity index (χ4v) is 2.06. The van der Waals surface area contributed by atoms with Crippen LogP contribution in [0.4, 0.5) is 0 Å². The van der Waals surface area contributed by atoms with Gasteiger partial charge in [-0.2, -0.15) is 0 Å². The number of hydrogen-bond donors (Lipinski definition) is 0. The highest BCUT2D eigenvalue weighted by Crippen LogP contribution is 2.19. The van der Waals surface area contributed by atoms with Crippen molar-refractivity contribution in [2.24, 2.45) is 0 Å². The second-order valence-corrected chi connectivity index (χ2v) is 3.30. The number of aromatic nitrogens is 2. The van der Waals surface area contributed by atoms with Crippen molar-refractivity contribution < 1.29 is 0 Å². The highest BCUT2D eigenvalue weighted by Gasteiger charge is 2.03. The molecule has 0 aliphatic carbocycles. The van der Waals surface area contributed by atoms with Crippen molar-refractivity contribution in [1.29, 1.82) is 0 Å². The van der Waals surface area contributed by atoms with E-state index < -0.39 is 0 Å². The number of halogens is 1. The van der Waals surface area contributed by atoms with E-state index in [4.69, 9.17) is 11.6 Å². The van der Waals surface area contributed by atoms with Gasteiger partial charge in [-0.1, -0.05) is 11.6 Å². The molecule has 10 heavy (non-hydrogen) atoms. The molecule has 4 heteroatoms. The SMILES string of the molecule is Cc1csc2ncc(Cl)n12. The van der Waals surface area contributed by atoms with Crippen LogP contribution in [-0.4, -0.2) is 9.38 Å². The lowest BCUT2D eigenvalue weighted by Gasteiger charge is -1.87. The molecule has 0 fully saturated rings. The Morgan fingerprint density at radius 2 is 2.50 bits per heavy atom. The van der Waals surface area contributed by atoms with Crippen molar-refractivity contribution in [2.45, 2.75) is 6.92 Å². The van der Waals surface area contributed by atoms with E-state index in [0.717, 1.165) is 10.7 Å². The van der Waals surface area contributed by atoms with Crippen LogP contribution in [0.2, 0.25) is 5.15 Å². The molecule has 2 nitrogen and oxygen atoms in total. The van der Waals surface area contributed by atoms with Gasteiger partial charge in [0.25, 0.3) is 0 Å². The molecule has 0 bridgehead atoms. The first-order valence-electron chi connectivity index (χ1n) is 2.86. The third-order valence-corrected chi connectivity index (χ3v) is 2.60. The van der Waals surface area contributed by atoms with Crippen LogP contribution >= 0.6 is 22.9 Å². The Morgan fingerprint density at radius 1 is 1.70 bits per heavy atom. The molecule has 0 aliphatic heterocycles. The second kappa shape index (κ2) is 1.97. The van der Waals surface area contributed by atoms with E-state index in [-0.39, 0.29) is 0 Å². The van der Waals surface area contributed by atoms with Crippen molar-refractivity contribution in [3.8, 4) is 0 Å². The summed E-state index contributed by atoms with van der Waals surface area (Å²) >= 11 is 7.43. The van der Waals surface area contributed by atoms with E-state index >= 15 is 0 Å². The lowest BCUT2D eigenvalue weighted by atomic mass is 10.6. The van der Waals surface area contributed by atoms with Crippen molar-refractivity contribution in [1.82, 2.24) is 9.38 Å². The lowest BCUT2D eigenvalue weighted by molar-refractivity contribution is 1.13.